The molecule has 0 atom stereocenters. The van der Waals surface area contributed by atoms with E-state index in [9.17, 15) is 65.4 Å². The minimum Gasteiger partial charge on any atom is -0.505 e. The fourth-order valence-corrected chi connectivity index (χ4v) is 9.11. The molecule has 0 fully saturated rings. The number of sulfone groups is 1. The molecule has 6 aromatic rings. The molecule has 0 radical (unpaired) electrons. The highest BCUT2D eigenvalue weighted by Gasteiger charge is 2.28. The van der Waals surface area contributed by atoms with Crippen LogP contribution < -0.4 is 10.6 Å². The van der Waals surface area contributed by atoms with Gasteiger partial charge in [0.2, 0.25) is 17.2 Å². The van der Waals surface area contributed by atoms with Crippen LogP contribution >= 0.6 is 11.6 Å². The first-order valence-corrected chi connectivity index (χ1v) is 23.1. The van der Waals surface area contributed by atoms with Crippen molar-refractivity contribution in [1.29, 1.82) is 0 Å². The van der Waals surface area contributed by atoms with Crippen molar-refractivity contribution < 1.29 is 65.4 Å². The van der Waals surface area contributed by atoms with Crippen LogP contribution in [-0.2, 0) is 50.3 Å². The second-order valence-corrected chi connectivity index (χ2v) is 19.5. The van der Waals surface area contributed by atoms with Crippen molar-refractivity contribution in [3.8, 4) is 5.75 Å². The molecule has 59 heavy (non-hydrogen) atoms. The molecule has 0 saturated heterocycles. The predicted octanol–water partition coefficient (Wildman–Crippen LogP) is 5.34. The normalized spacial score (nSPS) is 12.9. The quantitative estimate of drug-likeness (QED) is 0.0601. The molecule has 1 heterocycles. The topological polar surface area (TPSA) is 359 Å². The minimum atomic E-state index is -5.43. The number of nitrogens with one attached hydrogen (secondary N) is 2. The summed E-state index contributed by atoms with van der Waals surface area (Å²) in [6.07, 6.45) is 0. The lowest BCUT2D eigenvalue weighted by Crippen LogP contribution is -2.06. The second-order valence-electron chi connectivity index (χ2n) is 11.7. The highest BCUT2D eigenvalue weighted by Crippen LogP contribution is 2.46. The van der Waals surface area contributed by atoms with E-state index in [1.54, 1.807) is 0 Å². The molecular formula is C31H22ClN7O15S5. The number of hydrogen-bond acceptors (Lipinski definition) is 18. The first-order valence-electron chi connectivity index (χ1n) is 15.4. The number of azo groups is 1. The summed E-state index contributed by atoms with van der Waals surface area (Å²) in [4.78, 5) is 7.85. The first-order chi connectivity index (χ1) is 27.3. The van der Waals surface area contributed by atoms with Crippen LogP contribution in [0.1, 0.15) is 0 Å². The maximum absolute atomic E-state index is 12.6. The Morgan fingerprint density at radius 3 is 1.85 bits per heavy atom. The number of benzene rings is 5. The van der Waals surface area contributed by atoms with Gasteiger partial charge >= 0.3 is 0 Å². The number of phenolic OH excluding ortho intramolecular Hbond substituents is 1. The Morgan fingerprint density at radius 2 is 1.27 bits per heavy atom. The standard InChI is InChI=1S/C31H22ClN7O15S5/c1-2-55(41,42)17-8-6-16(7-9-17)33-30-35-29(32)36-31(37-30)34-22-14-18(56(43,44)45)12-15-13-24(58(49,50)51)26(27(40)25(15)22)39-38-21-11-10-19-20(28(21)59(52,53)54)4-3-5-23(19)57(46,47)48/h2-14,40H,1H2,(H,43,44,45)(H,46,47,48)(H,49,50,51)(H,52,53,54)(H2,33,34,35,36,37). The van der Waals surface area contributed by atoms with Crippen molar-refractivity contribution in [2.24, 2.45) is 10.2 Å². The molecule has 7 N–H and O–H groups in total. The molecule has 0 unspecified atom stereocenters. The van der Waals surface area contributed by atoms with Gasteiger partial charge in [-0.1, -0.05) is 24.8 Å². The molecule has 22 nitrogen and oxygen atoms in total. The Kier molecular flexibility index (Phi) is 11.0. The fourth-order valence-electron chi connectivity index (χ4n) is 5.50. The lowest BCUT2D eigenvalue weighted by molar-refractivity contribution is 0.472. The highest BCUT2D eigenvalue weighted by molar-refractivity contribution is 7.94. The molecule has 0 aliphatic rings. The maximum Gasteiger partial charge on any atom is 0.297 e. The van der Waals surface area contributed by atoms with E-state index in [4.69, 9.17) is 11.6 Å². The van der Waals surface area contributed by atoms with Crippen molar-refractivity contribution in [2.75, 3.05) is 10.6 Å². The number of anilines is 4. The van der Waals surface area contributed by atoms with Crippen molar-refractivity contribution in [3.63, 3.8) is 0 Å². The molecule has 0 saturated carbocycles. The van der Waals surface area contributed by atoms with Crippen molar-refractivity contribution >= 4 is 118 Å². The molecule has 28 heteroatoms. The van der Waals surface area contributed by atoms with Crippen LogP contribution in [-0.4, -0.2) is 80.4 Å². The Morgan fingerprint density at radius 1 is 0.644 bits per heavy atom. The number of hydrogen-bond donors (Lipinski definition) is 7. The highest BCUT2D eigenvalue weighted by atomic mass is 35.5. The third-order valence-corrected chi connectivity index (χ3v) is 13.0. The molecule has 0 spiro atoms. The van der Waals surface area contributed by atoms with E-state index in [0.717, 1.165) is 41.8 Å². The SMILES string of the molecule is C=CS(=O)(=O)c1ccc(Nc2nc(Cl)nc(Nc3cc(S(=O)(=O)O)cc4cc(S(=O)(=O)O)c(N=Nc5ccc6c(S(=O)(=O)O)cccc6c5S(=O)(=O)O)c(O)c34)n2)cc1. The van der Waals surface area contributed by atoms with Crippen LogP contribution in [0.4, 0.5) is 34.6 Å². The number of halogens is 1. The third-order valence-electron chi connectivity index (χ3n) is 7.96. The molecule has 1 aromatic heterocycles. The van der Waals surface area contributed by atoms with Crippen molar-refractivity contribution in [2.45, 2.75) is 24.5 Å². The van der Waals surface area contributed by atoms with E-state index in [-0.39, 0.29) is 16.5 Å². The van der Waals surface area contributed by atoms with E-state index < -0.39 is 125 Å². The molecule has 0 bridgehead atoms. The summed E-state index contributed by atoms with van der Waals surface area (Å²) in [6.45, 7) is 3.25. The molecule has 5 aromatic carbocycles. The zero-order valence-corrected chi connectivity index (χ0v) is 33.5. The first kappa shape index (κ1) is 42.8. The van der Waals surface area contributed by atoms with Crippen LogP contribution in [0.25, 0.3) is 21.5 Å². The van der Waals surface area contributed by atoms with Crippen molar-refractivity contribution in [1.82, 2.24) is 15.0 Å². The van der Waals surface area contributed by atoms with Crippen LogP contribution in [0.15, 0.2) is 119 Å². The molecule has 0 aliphatic heterocycles. The summed E-state index contributed by atoms with van der Waals surface area (Å²) in [7, 11) is -24.5. The van der Waals surface area contributed by atoms with Crippen LogP contribution in [0.3, 0.4) is 0 Å². The van der Waals surface area contributed by atoms with Crippen LogP contribution in [0, 0.1) is 0 Å². The van der Waals surface area contributed by atoms with Gasteiger partial charge in [0, 0.05) is 27.3 Å². The Hall–Kier alpha value is -5.75. The maximum atomic E-state index is 12.6. The van der Waals surface area contributed by atoms with Crippen molar-refractivity contribution in [3.05, 3.63) is 90.1 Å². The summed E-state index contributed by atoms with van der Waals surface area (Å²) in [6, 6.07) is 12.0. The van der Waals surface area contributed by atoms with E-state index >= 15 is 0 Å². The average molecular weight is 928 g/mol. The predicted molar refractivity (Wildman–Crippen MR) is 208 cm³/mol. The molecule has 6 rings (SSSR count). The Bertz CT molecular complexity index is 3390. The van der Waals surface area contributed by atoms with Gasteiger partial charge in [0.25, 0.3) is 40.5 Å². The fraction of sp³-hybridized carbons (Fsp3) is 0. The van der Waals surface area contributed by atoms with Gasteiger partial charge in [-0.25, -0.2) is 8.42 Å². The number of aromatic hydroxyl groups is 1. The van der Waals surface area contributed by atoms with Gasteiger partial charge in [-0.05, 0) is 71.6 Å². The lowest BCUT2D eigenvalue weighted by Gasteiger charge is -2.15. The number of rotatable bonds is 12. The summed E-state index contributed by atoms with van der Waals surface area (Å²) < 4.78 is 163. The molecule has 0 amide bonds. The van der Waals surface area contributed by atoms with Gasteiger partial charge in [0.05, 0.1) is 15.5 Å². The van der Waals surface area contributed by atoms with E-state index in [1.807, 2.05) is 0 Å². The Balaban J connectivity index is 1.53. The number of phenols is 1. The monoisotopic (exact) mass is 927 g/mol. The number of fused-ring (bicyclic) bond motifs is 2. The third kappa shape index (κ3) is 8.97. The summed E-state index contributed by atoms with van der Waals surface area (Å²) in [5.41, 5.74) is -2.13. The summed E-state index contributed by atoms with van der Waals surface area (Å²) >= 11 is 6.10. The zero-order chi connectivity index (χ0) is 43.5. The number of aromatic nitrogens is 3. The van der Waals surface area contributed by atoms with Gasteiger partial charge < -0.3 is 15.7 Å². The van der Waals surface area contributed by atoms with E-state index in [2.05, 4.69) is 42.4 Å². The smallest absolute Gasteiger partial charge is 0.297 e. The summed E-state index contributed by atoms with van der Waals surface area (Å²) in [5, 5.41) is 22.6. The lowest BCUT2D eigenvalue weighted by atomic mass is 10.1. The van der Waals surface area contributed by atoms with Crippen LogP contribution in [0.5, 0.6) is 5.75 Å². The average Bonchev–Trinajstić information content (AvgIpc) is 3.12. The van der Waals surface area contributed by atoms with Gasteiger partial charge in [0.15, 0.2) is 15.6 Å². The number of nitrogens with zero attached hydrogens (tertiary/aromatic N) is 5. The van der Waals surface area contributed by atoms with Crippen LogP contribution in [0.2, 0.25) is 5.28 Å². The van der Waals surface area contributed by atoms with E-state index in [0.29, 0.717) is 12.1 Å². The largest absolute Gasteiger partial charge is 0.505 e. The Labute approximate surface area is 337 Å². The van der Waals surface area contributed by atoms with Gasteiger partial charge in [-0.15, -0.1) is 10.2 Å². The second kappa shape index (κ2) is 15.1. The zero-order valence-electron chi connectivity index (χ0n) is 28.7. The molecular weight excluding hydrogens is 906 g/mol. The van der Waals surface area contributed by atoms with Gasteiger partial charge in [0.1, 0.15) is 26.1 Å². The minimum absolute atomic E-state index is 0.0825. The van der Waals surface area contributed by atoms with Gasteiger partial charge in [-0.3, -0.25) is 18.2 Å². The molecule has 0 aliphatic carbocycles. The summed E-state index contributed by atoms with van der Waals surface area (Å²) in [5.74, 6) is -1.94. The van der Waals surface area contributed by atoms with E-state index in [1.165, 1.54) is 24.3 Å². The molecule has 308 valence electrons. The van der Waals surface area contributed by atoms with Gasteiger partial charge in [-0.2, -0.15) is 48.6 Å².